The summed E-state index contributed by atoms with van der Waals surface area (Å²) in [7, 11) is 0. The number of aromatic nitrogens is 2. The van der Waals surface area contributed by atoms with Crippen molar-refractivity contribution in [1.29, 1.82) is 0 Å². The molecular weight excluding hydrogens is 621 g/mol. The van der Waals surface area contributed by atoms with Crippen molar-refractivity contribution in [2.45, 2.75) is 76.5 Å². The number of hydrogen-bond donors (Lipinski definition) is 1. The van der Waals surface area contributed by atoms with E-state index in [1.165, 1.54) is 16.4 Å². The molecule has 39 heavy (non-hydrogen) atoms. The molecule has 2 unspecified atom stereocenters. The summed E-state index contributed by atoms with van der Waals surface area (Å²) < 4.78 is 14.7. The Morgan fingerprint density at radius 3 is 2.69 bits per heavy atom. The molecule has 3 atom stereocenters. The van der Waals surface area contributed by atoms with Crippen molar-refractivity contribution in [1.82, 2.24) is 10.1 Å². The maximum Gasteiger partial charge on any atom is 0.210 e. The third-order valence-electron chi connectivity index (χ3n) is 8.02. The minimum Gasteiger partial charge on any atom is -0.370 e. The van der Waals surface area contributed by atoms with Gasteiger partial charge >= 0.3 is 0 Å². The molecule has 6 rings (SSSR count). The van der Waals surface area contributed by atoms with Crippen LogP contribution in [0.15, 0.2) is 45.4 Å². The first kappa shape index (κ1) is 27.5. The molecule has 2 heterocycles. The first-order chi connectivity index (χ1) is 18.8. The fourth-order valence-electron chi connectivity index (χ4n) is 5.89. The Balaban J connectivity index is 1.27. The molecule has 2 aliphatic carbocycles. The van der Waals surface area contributed by atoms with E-state index < -0.39 is 5.60 Å². The molecule has 0 saturated heterocycles. The van der Waals surface area contributed by atoms with Crippen LogP contribution in [0.4, 0.5) is 5.13 Å². The summed E-state index contributed by atoms with van der Waals surface area (Å²) in [6.07, 6.45) is 5.44. The van der Waals surface area contributed by atoms with E-state index >= 15 is 0 Å². The van der Waals surface area contributed by atoms with Crippen molar-refractivity contribution in [2.24, 2.45) is 5.92 Å². The van der Waals surface area contributed by atoms with Gasteiger partial charge in [0.05, 0.1) is 38.5 Å². The summed E-state index contributed by atoms with van der Waals surface area (Å²) in [6, 6.07) is 11.3. The van der Waals surface area contributed by atoms with Gasteiger partial charge in [-0.15, -0.1) is 0 Å². The number of benzene rings is 2. The van der Waals surface area contributed by atoms with E-state index in [1.807, 2.05) is 36.4 Å². The highest BCUT2D eigenvalue weighted by molar-refractivity contribution is 9.10. The van der Waals surface area contributed by atoms with Crippen molar-refractivity contribution in [2.75, 3.05) is 5.06 Å². The standard InChI is InChI=1S/C29H30BrCl2N3O3S/c1-3-29(13-16(2)11-19(14-29)35(36)28-33-23-10-9-18(30)12-24(23)39-28)37-15-20-26(34-38-27(20)17-7-8-17)25-21(31)5-4-6-22(25)32/h4-6,9-10,12,16-17,19,36H,3,7-8,11,13-15H2,1-2H3/t16?,19-,29?/m1/s1. The monoisotopic (exact) mass is 649 g/mol. The van der Waals surface area contributed by atoms with Crippen LogP contribution in [-0.2, 0) is 11.3 Å². The molecule has 6 nitrogen and oxygen atoms in total. The zero-order chi connectivity index (χ0) is 27.3. The molecule has 2 aromatic carbocycles. The Hall–Kier alpha value is -1.68. The van der Waals surface area contributed by atoms with Gasteiger partial charge in [0.15, 0.2) is 0 Å². The minimum absolute atomic E-state index is 0.111. The molecule has 0 radical (unpaired) electrons. The topological polar surface area (TPSA) is 71.6 Å². The third kappa shape index (κ3) is 5.48. The van der Waals surface area contributed by atoms with Gasteiger partial charge in [-0.05, 0) is 74.8 Å². The summed E-state index contributed by atoms with van der Waals surface area (Å²) in [5.74, 6) is 1.59. The SMILES string of the molecule is CCC1(OCc2c(-c3c(Cl)cccc3Cl)noc2C2CC2)CC(C)C[C@@H](N(O)c2nc3ccc(Br)cc3s2)C1. The van der Waals surface area contributed by atoms with Gasteiger partial charge in [-0.3, -0.25) is 5.21 Å². The van der Waals surface area contributed by atoms with Crippen LogP contribution in [0, 0.1) is 5.92 Å². The van der Waals surface area contributed by atoms with Crippen molar-refractivity contribution >= 4 is 65.8 Å². The molecular formula is C29H30BrCl2N3O3S. The molecule has 2 aromatic heterocycles. The number of hydroxylamine groups is 1. The predicted octanol–water partition coefficient (Wildman–Crippen LogP) is 9.65. The first-order valence-electron chi connectivity index (χ1n) is 13.4. The number of nitrogens with zero attached hydrogens (tertiary/aromatic N) is 3. The van der Waals surface area contributed by atoms with Crippen LogP contribution >= 0.6 is 50.5 Å². The third-order valence-corrected chi connectivity index (χ3v) is 10.1. The fourth-order valence-corrected chi connectivity index (χ4v) is 7.96. The number of hydrogen-bond acceptors (Lipinski definition) is 7. The number of halogens is 3. The Morgan fingerprint density at radius 1 is 1.21 bits per heavy atom. The van der Waals surface area contributed by atoms with E-state index in [0.29, 0.717) is 51.3 Å². The largest absolute Gasteiger partial charge is 0.370 e. The lowest BCUT2D eigenvalue weighted by molar-refractivity contribution is -0.103. The average Bonchev–Trinajstić information content (AvgIpc) is 3.54. The number of rotatable bonds is 8. The maximum absolute atomic E-state index is 11.4. The van der Waals surface area contributed by atoms with Crippen LogP contribution in [0.5, 0.6) is 0 Å². The maximum atomic E-state index is 11.4. The van der Waals surface area contributed by atoms with Gasteiger partial charge in [-0.25, -0.2) is 10.0 Å². The lowest BCUT2D eigenvalue weighted by Gasteiger charge is -2.45. The zero-order valence-corrected chi connectivity index (χ0v) is 25.7. The minimum atomic E-state index is -0.414. The van der Waals surface area contributed by atoms with Crippen LogP contribution in [0.3, 0.4) is 0 Å². The molecule has 10 heteroatoms. The van der Waals surface area contributed by atoms with E-state index in [1.54, 1.807) is 0 Å². The normalized spacial score (nSPS) is 23.4. The molecule has 0 spiro atoms. The van der Waals surface area contributed by atoms with Crippen LogP contribution in [0.2, 0.25) is 10.0 Å². The van der Waals surface area contributed by atoms with Gasteiger partial charge in [0, 0.05) is 21.5 Å². The summed E-state index contributed by atoms with van der Waals surface area (Å²) in [5, 5.41) is 18.8. The summed E-state index contributed by atoms with van der Waals surface area (Å²) in [5.41, 5.74) is 2.73. The van der Waals surface area contributed by atoms with E-state index in [4.69, 9.17) is 37.4 Å². The molecule has 0 bridgehead atoms. The second kappa shape index (κ2) is 11.0. The highest BCUT2D eigenvalue weighted by atomic mass is 79.9. The Morgan fingerprint density at radius 2 is 1.97 bits per heavy atom. The van der Waals surface area contributed by atoms with Crippen LogP contribution in [0.1, 0.15) is 69.6 Å². The van der Waals surface area contributed by atoms with Gasteiger partial charge in [0.2, 0.25) is 5.13 Å². The van der Waals surface area contributed by atoms with Gasteiger partial charge in [0.1, 0.15) is 11.5 Å². The van der Waals surface area contributed by atoms with E-state index in [0.717, 1.165) is 58.1 Å². The van der Waals surface area contributed by atoms with Crippen molar-refractivity contribution < 1.29 is 14.5 Å². The van der Waals surface area contributed by atoms with Crippen LogP contribution in [0.25, 0.3) is 21.5 Å². The highest BCUT2D eigenvalue weighted by Gasteiger charge is 2.43. The van der Waals surface area contributed by atoms with Crippen molar-refractivity contribution in [3.05, 3.63) is 62.2 Å². The molecule has 0 amide bonds. The fraction of sp³-hybridized carbons (Fsp3) is 0.448. The predicted molar refractivity (Wildman–Crippen MR) is 160 cm³/mol. The van der Waals surface area contributed by atoms with Crippen LogP contribution < -0.4 is 5.06 Å². The Kier molecular flexibility index (Phi) is 7.72. The summed E-state index contributed by atoms with van der Waals surface area (Å²) in [4.78, 5) is 4.70. The van der Waals surface area contributed by atoms with Gasteiger partial charge in [-0.2, -0.15) is 0 Å². The Bertz CT molecular complexity index is 1490. The Labute approximate surface area is 250 Å². The second-order valence-corrected chi connectivity index (χ2v) is 13.7. The molecule has 4 aromatic rings. The van der Waals surface area contributed by atoms with Crippen LogP contribution in [-0.4, -0.2) is 27.0 Å². The molecule has 2 aliphatic rings. The number of fused-ring (bicyclic) bond motifs is 1. The number of anilines is 1. The van der Waals surface area contributed by atoms with Gasteiger partial charge < -0.3 is 9.26 Å². The molecule has 1 N–H and O–H groups in total. The number of ether oxygens (including phenoxy) is 1. The second-order valence-electron chi connectivity index (χ2n) is 10.9. The number of thiazole rings is 1. The van der Waals surface area contributed by atoms with Crippen molar-refractivity contribution in [3.63, 3.8) is 0 Å². The summed E-state index contributed by atoms with van der Waals surface area (Å²) in [6.45, 7) is 4.74. The average molecular weight is 651 g/mol. The lowest BCUT2D eigenvalue weighted by atomic mass is 9.74. The molecule has 2 fully saturated rings. The quantitative estimate of drug-likeness (QED) is 0.191. The highest BCUT2D eigenvalue weighted by Crippen LogP contribution is 2.48. The summed E-state index contributed by atoms with van der Waals surface area (Å²) >= 11 is 18.2. The zero-order valence-electron chi connectivity index (χ0n) is 21.8. The van der Waals surface area contributed by atoms with E-state index in [9.17, 15) is 5.21 Å². The molecule has 2 saturated carbocycles. The van der Waals surface area contributed by atoms with Gasteiger partial charge in [-0.1, -0.05) is 75.5 Å². The van der Waals surface area contributed by atoms with E-state index in [-0.39, 0.29) is 6.04 Å². The van der Waals surface area contributed by atoms with E-state index in [2.05, 4.69) is 34.9 Å². The smallest absolute Gasteiger partial charge is 0.210 e. The first-order valence-corrected chi connectivity index (χ1v) is 15.7. The molecule has 0 aliphatic heterocycles. The van der Waals surface area contributed by atoms with Gasteiger partial charge in [0.25, 0.3) is 0 Å². The molecule has 206 valence electrons. The lowest BCUT2D eigenvalue weighted by Crippen LogP contribution is -2.48. The van der Waals surface area contributed by atoms with Crippen molar-refractivity contribution in [3.8, 4) is 11.3 Å².